The molecule has 0 aromatic carbocycles. The molecule has 1 rings (SSSR count). The van der Waals surface area contributed by atoms with Gasteiger partial charge >= 0.3 is 5.97 Å². The van der Waals surface area contributed by atoms with Gasteiger partial charge in [0.15, 0.2) is 0 Å². The van der Waals surface area contributed by atoms with Crippen molar-refractivity contribution in [3.63, 3.8) is 0 Å². The molecule has 45 valence electrons. The third-order valence-corrected chi connectivity index (χ3v) is 1.17. The maximum atomic E-state index is 10.4. The molecule has 2 heteroatoms. The van der Waals surface area contributed by atoms with Crippen molar-refractivity contribution in [2.75, 3.05) is 0 Å². The van der Waals surface area contributed by atoms with Crippen LogP contribution in [0.4, 0.5) is 0 Å². The number of hydrogen-bond acceptors (Lipinski definition) is 2. The van der Waals surface area contributed by atoms with Gasteiger partial charge in [0.1, 0.15) is 6.61 Å². The molecule has 2 nitrogen and oxygen atoms in total. The van der Waals surface area contributed by atoms with Crippen molar-refractivity contribution < 1.29 is 9.53 Å². The van der Waals surface area contributed by atoms with Crippen LogP contribution in [0.15, 0.2) is 0 Å². The molecule has 0 aromatic rings. The maximum absolute atomic E-state index is 10.4. The van der Waals surface area contributed by atoms with Crippen LogP contribution in [0.2, 0.25) is 0 Å². The number of esters is 1. The monoisotopic (exact) mass is 113 g/mol. The number of carbonyl (C=O) groups is 1. The molecule has 0 atom stereocenters. The molecule has 0 aliphatic carbocycles. The molecule has 1 aliphatic rings. The summed E-state index contributed by atoms with van der Waals surface area (Å²) >= 11 is 0. The summed E-state index contributed by atoms with van der Waals surface area (Å²) in [7, 11) is 0. The lowest BCUT2D eigenvalue weighted by atomic mass is 10.2. The lowest BCUT2D eigenvalue weighted by Crippen LogP contribution is -1.96. The van der Waals surface area contributed by atoms with Crippen molar-refractivity contribution in [3.8, 4) is 0 Å². The second-order valence-electron chi connectivity index (χ2n) is 1.90. The average molecular weight is 113 g/mol. The fraction of sp³-hybridized carbons (Fsp3) is 0.667. The van der Waals surface area contributed by atoms with E-state index < -0.39 is 0 Å². The third-order valence-electron chi connectivity index (χ3n) is 1.17. The molecular weight excluding hydrogens is 104 g/mol. The molecule has 1 aliphatic heterocycles. The van der Waals surface area contributed by atoms with Gasteiger partial charge in [0.25, 0.3) is 0 Å². The van der Waals surface area contributed by atoms with Gasteiger partial charge in [-0.1, -0.05) is 0 Å². The summed E-state index contributed by atoms with van der Waals surface area (Å²) in [4.78, 5) is 10.4. The van der Waals surface area contributed by atoms with Crippen LogP contribution in [0, 0.1) is 6.61 Å². The van der Waals surface area contributed by atoms with Gasteiger partial charge in [0, 0.05) is 6.42 Å². The van der Waals surface area contributed by atoms with Gasteiger partial charge in [-0.2, -0.15) is 0 Å². The molecule has 1 heterocycles. The summed E-state index contributed by atoms with van der Waals surface area (Å²) in [5.74, 6) is -0.0810. The van der Waals surface area contributed by atoms with Crippen molar-refractivity contribution in [3.05, 3.63) is 6.61 Å². The number of ether oxygens (including phenoxy) is 1. The first kappa shape index (κ1) is 5.60. The van der Waals surface area contributed by atoms with Crippen molar-refractivity contribution in [2.45, 2.75) is 25.7 Å². The fourth-order valence-corrected chi connectivity index (χ4v) is 0.708. The fourth-order valence-electron chi connectivity index (χ4n) is 0.708. The molecule has 0 saturated carbocycles. The zero-order valence-corrected chi connectivity index (χ0v) is 4.72. The van der Waals surface area contributed by atoms with E-state index in [0.717, 1.165) is 19.3 Å². The number of hydrogen-bond donors (Lipinski definition) is 0. The summed E-state index contributed by atoms with van der Waals surface area (Å²) in [5.41, 5.74) is 0. The van der Waals surface area contributed by atoms with E-state index in [0.29, 0.717) is 6.42 Å². The molecule has 1 fully saturated rings. The first-order valence-electron chi connectivity index (χ1n) is 2.91. The Morgan fingerprint density at radius 3 is 3.25 bits per heavy atom. The van der Waals surface area contributed by atoms with Gasteiger partial charge in [-0.15, -0.1) is 0 Å². The van der Waals surface area contributed by atoms with E-state index in [1.807, 2.05) is 0 Å². The lowest BCUT2D eigenvalue weighted by molar-refractivity contribution is -0.139. The highest BCUT2D eigenvalue weighted by Gasteiger charge is 2.06. The highest BCUT2D eigenvalue weighted by Crippen LogP contribution is 2.09. The van der Waals surface area contributed by atoms with Crippen LogP contribution in [0.1, 0.15) is 25.7 Å². The van der Waals surface area contributed by atoms with Crippen LogP contribution in [-0.4, -0.2) is 5.97 Å². The smallest absolute Gasteiger partial charge is 0.306 e. The number of rotatable bonds is 0. The van der Waals surface area contributed by atoms with E-state index in [9.17, 15) is 4.79 Å². The Hall–Kier alpha value is -0.530. The molecule has 0 aromatic heterocycles. The van der Waals surface area contributed by atoms with E-state index in [2.05, 4.69) is 4.74 Å². The van der Waals surface area contributed by atoms with Crippen molar-refractivity contribution >= 4 is 5.97 Å². The van der Waals surface area contributed by atoms with E-state index in [1.54, 1.807) is 6.61 Å². The Labute approximate surface area is 48.8 Å². The Morgan fingerprint density at radius 1 is 1.50 bits per heavy atom. The second kappa shape index (κ2) is 2.70. The van der Waals surface area contributed by atoms with Crippen LogP contribution in [0.5, 0.6) is 0 Å². The van der Waals surface area contributed by atoms with E-state index in [4.69, 9.17) is 0 Å². The van der Waals surface area contributed by atoms with Crippen LogP contribution < -0.4 is 0 Å². The van der Waals surface area contributed by atoms with Crippen LogP contribution in [0.25, 0.3) is 0 Å². The first-order chi connectivity index (χ1) is 3.89. The van der Waals surface area contributed by atoms with Gasteiger partial charge < -0.3 is 4.74 Å². The maximum Gasteiger partial charge on any atom is 0.306 e. The van der Waals surface area contributed by atoms with Crippen LogP contribution in [0.3, 0.4) is 0 Å². The standard InChI is InChI=1S/C6H9O2/c7-6-4-2-1-3-5-8-6/h5H,1-4H2. The molecule has 0 N–H and O–H groups in total. The topological polar surface area (TPSA) is 26.3 Å². The second-order valence-corrected chi connectivity index (χ2v) is 1.90. The molecule has 1 saturated heterocycles. The Balaban J connectivity index is 2.27. The Morgan fingerprint density at radius 2 is 2.38 bits per heavy atom. The largest absolute Gasteiger partial charge is 0.458 e. The summed E-state index contributed by atoms with van der Waals surface area (Å²) in [6, 6.07) is 0. The molecule has 1 radical (unpaired) electrons. The van der Waals surface area contributed by atoms with Crippen molar-refractivity contribution in [2.24, 2.45) is 0 Å². The van der Waals surface area contributed by atoms with Crippen molar-refractivity contribution in [1.29, 1.82) is 0 Å². The van der Waals surface area contributed by atoms with Gasteiger partial charge in [-0.05, 0) is 19.3 Å². The molecule has 0 bridgehead atoms. The summed E-state index contributed by atoms with van der Waals surface area (Å²) in [6.07, 6.45) is 3.59. The summed E-state index contributed by atoms with van der Waals surface area (Å²) in [6.45, 7) is 1.59. The van der Waals surface area contributed by atoms with Crippen LogP contribution >= 0.6 is 0 Å². The predicted molar refractivity (Wildman–Crippen MR) is 28.9 cm³/mol. The van der Waals surface area contributed by atoms with Crippen molar-refractivity contribution in [1.82, 2.24) is 0 Å². The van der Waals surface area contributed by atoms with Gasteiger partial charge in [-0.25, -0.2) is 0 Å². The quantitative estimate of drug-likeness (QED) is 0.442. The molecule has 0 unspecified atom stereocenters. The highest BCUT2D eigenvalue weighted by atomic mass is 16.5. The Kier molecular flexibility index (Phi) is 1.89. The Bertz CT molecular complexity index is 78.5. The van der Waals surface area contributed by atoms with E-state index >= 15 is 0 Å². The highest BCUT2D eigenvalue weighted by molar-refractivity contribution is 5.69. The molecular formula is C6H9O2. The molecule has 0 spiro atoms. The first-order valence-corrected chi connectivity index (χ1v) is 2.91. The predicted octanol–water partition coefficient (Wildman–Crippen LogP) is 1.27. The van der Waals surface area contributed by atoms with Crippen LogP contribution in [-0.2, 0) is 9.53 Å². The average Bonchev–Trinajstić information content (AvgIpc) is 1.94. The van der Waals surface area contributed by atoms with Gasteiger partial charge in [0.2, 0.25) is 0 Å². The minimum absolute atomic E-state index is 0.0810. The van der Waals surface area contributed by atoms with Gasteiger partial charge in [0.05, 0.1) is 0 Å². The number of cyclic esters (lactones) is 1. The molecule has 0 amide bonds. The molecule has 8 heavy (non-hydrogen) atoms. The normalized spacial score (nSPS) is 21.8. The van der Waals surface area contributed by atoms with E-state index in [-0.39, 0.29) is 5.97 Å². The zero-order chi connectivity index (χ0) is 5.82. The summed E-state index contributed by atoms with van der Waals surface area (Å²) < 4.78 is 4.64. The lowest BCUT2D eigenvalue weighted by Gasteiger charge is -1.92. The minimum atomic E-state index is -0.0810. The minimum Gasteiger partial charge on any atom is -0.458 e. The third kappa shape index (κ3) is 1.52. The SMILES string of the molecule is O=C1CCCC[CH]O1. The van der Waals surface area contributed by atoms with Gasteiger partial charge in [-0.3, -0.25) is 4.79 Å². The van der Waals surface area contributed by atoms with E-state index in [1.165, 1.54) is 0 Å². The number of carbonyl (C=O) groups excluding carboxylic acids is 1. The zero-order valence-electron chi connectivity index (χ0n) is 4.72. The summed E-state index contributed by atoms with van der Waals surface area (Å²) in [5, 5.41) is 0.